The van der Waals surface area contributed by atoms with Crippen LogP contribution in [0.4, 0.5) is 5.69 Å². The number of amides is 2. The topological polar surface area (TPSA) is 121 Å². The van der Waals surface area contributed by atoms with Gasteiger partial charge in [-0.2, -0.15) is 5.10 Å². The molecule has 6 rings (SSSR count). The zero-order valence-electron chi connectivity index (χ0n) is 15.6. The zero-order chi connectivity index (χ0) is 19.7. The minimum absolute atomic E-state index is 0.0623. The van der Waals surface area contributed by atoms with Crippen molar-refractivity contribution in [1.82, 2.24) is 24.5 Å². The monoisotopic (exact) mass is 403 g/mol. The number of aryl methyl sites for hydroxylation is 1. The van der Waals surface area contributed by atoms with Crippen LogP contribution >= 0.6 is 11.6 Å². The zero-order valence-corrected chi connectivity index (χ0v) is 16.3. The number of anilines is 1. The van der Waals surface area contributed by atoms with E-state index in [1.165, 1.54) is 10.9 Å². The van der Waals surface area contributed by atoms with Crippen LogP contribution in [-0.2, 0) is 17.4 Å². The lowest BCUT2D eigenvalue weighted by Crippen LogP contribution is -2.60. The van der Waals surface area contributed by atoms with Crippen molar-refractivity contribution in [1.29, 1.82) is 0 Å². The quantitative estimate of drug-likeness (QED) is 0.804. The minimum atomic E-state index is -0.616. The van der Waals surface area contributed by atoms with E-state index in [1.807, 2.05) is 4.68 Å². The number of carbonyl (C=O) groups is 2. The van der Waals surface area contributed by atoms with E-state index in [2.05, 4.69) is 20.5 Å². The first kappa shape index (κ1) is 17.7. The number of nitrogens with zero attached hydrogens (tertiary/aromatic N) is 5. The van der Waals surface area contributed by atoms with Gasteiger partial charge in [0.1, 0.15) is 12.0 Å². The molecule has 2 aromatic heterocycles. The summed E-state index contributed by atoms with van der Waals surface area (Å²) >= 11 is 5.98. The van der Waals surface area contributed by atoms with Gasteiger partial charge in [-0.15, -0.1) is 5.10 Å². The summed E-state index contributed by atoms with van der Waals surface area (Å²) in [6.07, 6.45) is 8.72. The molecule has 3 N–H and O–H groups in total. The average molecular weight is 404 g/mol. The lowest BCUT2D eigenvalue weighted by Gasteiger charge is -2.60. The standard InChI is InChI=1S/C18H22ClN7O2/c1-25-13(14(20)27)12(7-22-25)23-15(28)17-3-10-2-11(4-17)6-18(5-10,8-17)26-9-21-16(19)24-26/h7,9-11H,2-6,8H2,1H3,(H2,20,27)(H,23,28). The maximum absolute atomic E-state index is 13.5. The fourth-order valence-electron chi connectivity index (χ4n) is 6.30. The van der Waals surface area contributed by atoms with Gasteiger partial charge in [0.25, 0.3) is 5.91 Å². The summed E-state index contributed by atoms with van der Waals surface area (Å²) in [6.45, 7) is 0. The van der Waals surface area contributed by atoms with E-state index in [9.17, 15) is 9.59 Å². The molecule has 4 saturated carbocycles. The minimum Gasteiger partial charge on any atom is -0.364 e. The molecular formula is C18H22ClN7O2. The maximum Gasteiger partial charge on any atom is 0.269 e. The Bertz CT molecular complexity index is 966. The van der Waals surface area contributed by atoms with Crippen LogP contribution < -0.4 is 11.1 Å². The molecule has 10 heteroatoms. The molecule has 0 radical (unpaired) electrons. The van der Waals surface area contributed by atoms with Crippen molar-refractivity contribution in [3.8, 4) is 0 Å². The van der Waals surface area contributed by atoms with E-state index >= 15 is 0 Å². The summed E-state index contributed by atoms with van der Waals surface area (Å²) < 4.78 is 3.27. The first-order valence-corrected chi connectivity index (χ1v) is 9.89. The molecule has 0 aliphatic heterocycles. The molecule has 4 aliphatic rings. The molecule has 0 spiro atoms. The van der Waals surface area contributed by atoms with Crippen LogP contribution in [0.2, 0.25) is 5.28 Å². The number of halogens is 1. The fourth-order valence-corrected chi connectivity index (χ4v) is 6.42. The first-order valence-electron chi connectivity index (χ1n) is 9.51. The van der Waals surface area contributed by atoms with Gasteiger partial charge in [-0.25, -0.2) is 9.67 Å². The van der Waals surface area contributed by atoms with Crippen LogP contribution in [0.25, 0.3) is 0 Å². The van der Waals surface area contributed by atoms with Crippen LogP contribution in [0.5, 0.6) is 0 Å². The molecule has 2 aromatic rings. The highest BCUT2D eigenvalue weighted by Crippen LogP contribution is 2.64. The van der Waals surface area contributed by atoms with Gasteiger partial charge in [0.05, 0.1) is 22.8 Å². The van der Waals surface area contributed by atoms with Crippen LogP contribution in [0.15, 0.2) is 12.5 Å². The van der Waals surface area contributed by atoms with Crippen molar-refractivity contribution in [3.05, 3.63) is 23.5 Å². The second kappa shape index (κ2) is 5.79. The van der Waals surface area contributed by atoms with Gasteiger partial charge in [-0.3, -0.25) is 14.3 Å². The van der Waals surface area contributed by atoms with Crippen molar-refractivity contribution in [2.75, 3.05) is 5.32 Å². The fraction of sp³-hybridized carbons (Fsp3) is 0.611. The Morgan fingerprint density at radius 2 is 2.00 bits per heavy atom. The number of rotatable bonds is 4. The Labute approximate surface area is 166 Å². The van der Waals surface area contributed by atoms with E-state index in [-0.39, 0.29) is 22.4 Å². The number of nitrogens with two attached hydrogens (primary N) is 1. The smallest absolute Gasteiger partial charge is 0.269 e. The van der Waals surface area contributed by atoms with Gasteiger partial charge in [0.15, 0.2) is 0 Å². The highest BCUT2D eigenvalue weighted by Gasteiger charge is 2.61. The molecule has 2 atom stereocenters. The van der Waals surface area contributed by atoms with Crippen molar-refractivity contribution >= 4 is 29.1 Å². The number of nitrogens with one attached hydrogen (secondary N) is 1. The van der Waals surface area contributed by atoms with Crippen LogP contribution in [0.1, 0.15) is 49.0 Å². The Hall–Kier alpha value is -2.42. The molecule has 4 fully saturated rings. The molecule has 2 unspecified atom stereocenters. The van der Waals surface area contributed by atoms with E-state index < -0.39 is 11.3 Å². The number of aromatic nitrogens is 5. The third-order valence-corrected chi connectivity index (χ3v) is 7.06. The van der Waals surface area contributed by atoms with E-state index in [1.54, 1.807) is 13.4 Å². The van der Waals surface area contributed by atoms with Crippen LogP contribution in [-0.4, -0.2) is 36.4 Å². The average Bonchev–Trinajstić information content (AvgIpc) is 3.20. The normalized spacial score (nSPS) is 33.2. The van der Waals surface area contributed by atoms with Gasteiger partial charge < -0.3 is 11.1 Å². The molecule has 2 amide bonds. The number of hydrogen-bond acceptors (Lipinski definition) is 5. The van der Waals surface area contributed by atoms with Crippen molar-refractivity contribution in [2.24, 2.45) is 30.0 Å². The van der Waals surface area contributed by atoms with Gasteiger partial charge in [-0.05, 0) is 62.0 Å². The Morgan fingerprint density at radius 3 is 2.61 bits per heavy atom. The molecule has 4 aliphatic carbocycles. The van der Waals surface area contributed by atoms with Gasteiger partial charge in [0.2, 0.25) is 11.2 Å². The Kier molecular flexibility index (Phi) is 3.65. The summed E-state index contributed by atoms with van der Waals surface area (Å²) in [6, 6.07) is 0. The Morgan fingerprint density at radius 1 is 1.29 bits per heavy atom. The van der Waals surface area contributed by atoms with Crippen molar-refractivity contribution in [3.63, 3.8) is 0 Å². The summed E-state index contributed by atoms with van der Waals surface area (Å²) in [7, 11) is 1.63. The summed E-state index contributed by atoms with van der Waals surface area (Å²) in [5.74, 6) is 0.265. The molecule has 0 aromatic carbocycles. The SMILES string of the molecule is Cn1ncc(NC(=O)C23CC4CC(C2)CC(n2cnc(Cl)n2)(C4)C3)c1C(N)=O. The Balaban J connectivity index is 1.48. The van der Waals surface area contributed by atoms with Gasteiger partial charge in [0, 0.05) is 7.05 Å². The largest absolute Gasteiger partial charge is 0.364 e. The van der Waals surface area contributed by atoms with Crippen molar-refractivity contribution in [2.45, 2.75) is 44.1 Å². The summed E-state index contributed by atoms with van der Waals surface area (Å²) in [4.78, 5) is 29.3. The molecule has 9 nitrogen and oxygen atoms in total. The van der Waals surface area contributed by atoms with E-state index in [4.69, 9.17) is 17.3 Å². The third-order valence-electron chi connectivity index (χ3n) is 6.88. The van der Waals surface area contributed by atoms with Crippen molar-refractivity contribution < 1.29 is 9.59 Å². The molecule has 0 saturated heterocycles. The number of primary amides is 1. The predicted octanol–water partition coefficient (Wildman–Crippen LogP) is 1.70. The molecular weight excluding hydrogens is 382 g/mol. The van der Waals surface area contributed by atoms with Gasteiger partial charge in [-0.1, -0.05) is 0 Å². The second-order valence-corrected chi connectivity index (χ2v) is 9.11. The summed E-state index contributed by atoms with van der Waals surface area (Å²) in [5.41, 5.74) is 5.32. The molecule has 4 bridgehead atoms. The maximum atomic E-state index is 13.5. The number of hydrogen-bond donors (Lipinski definition) is 2. The molecule has 148 valence electrons. The molecule has 2 heterocycles. The van der Waals surface area contributed by atoms with Gasteiger partial charge >= 0.3 is 0 Å². The highest BCUT2D eigenvalue weighted by molar-refractivity contribution is 6.28. The van der Waals surface area contributed by atoms with E-state index in [0.717, 1.165) is 32.1 Å². The third kappa shape index (κ3) is 2.48. The summed E-state index contributed by atoms with van der Waals surface area (Å²) in [5, 5.41) is 11.6. The van der Waals surface area contributed by atoms with Crippen LogP contribution in [0, 0.1) is 17.3 Å². The first-order chi connectivity index (χ1) is 13.3. The molecule has 28 heavy (non-hydrogen) atoms. The highest BCUT2D eigenvalue weighted by atomic mass is 35.5. The van der Waals surface area contributed by atoms with E-state index in [0.29, 0.717) is 23.9 Å². The predicted molar refractivity (Wildman–Crippen MR) is 100 cm³/mol. The van der Waals surface area contributed by atoms with Crippen LogP contribution in [0.3, 0.4) is 0 Å². The lowest BCUT2D eigenvalue weighted by molar-refractivity contribution is -0.150. The lowest BCUT2D eigenvalue weighted by atomic mass is 9.46. The number of carbonyl (C=O) groups excluding carboxylic acids is 2. The second-order valence-electron chi connectivity index (χ2n) is 8.77.